The van der Waals surface area contributed by atoms with E-state index in [-0.39, 0.29) is 30.8 Å². The summed E-state index contributed by atoms with van der Waals surface area (Å²) in [6, 6.07) is 10.8. The molecule has 1 aromatic heterocycles. The number of carbonyl (C=O) groups excluding carboxylic acids is 2. The maximum atomic E-state index is 13.1. The standard InChI is InChI=1S/C19H14FN3O3S/c20-14-4-1-12(2-5-14)10-23-15-9-13(3-6-16(15)26-11-17(23)24)18(25)22-19-21-7-8-27-19/h1-9H,10-11H2,(H,21,22,25). The molecule has 1 aliphatic heterocycles. The number of thiazole rings is 1. The van der Waals surface area contributed by atoms with Crippen molar-refractivity contribution in [1.82, 2.24) is 4.98 Å². The van der Waals surface area contributed by atoms with E-state index >= 15 is 0 Å². The third-order valence-electron chi connectivity index (χ3n) is 4.07. The number of aromatic nitrogens is 1. The zero-order valence-electron chi connectivity index (χ0n) is 14.0. The van der Waals surface area contributed by atoms with E-state index in [4.69, 9.17) is 4.74 Å². The second kappa shape index (κ2) is 7.16. The van der Waals surface area contributed by atoms with Gasteiger partial charge in [-0.15, -0.1) is 11.3 Å². The monoisotopic (exact) mass is 383 g/mol. The molecule has 2 aromatic carbocycles. The van der Waals surface area contributed by atoms with Crippen LogP contribution in [-0.2, 0) is 11.3 Å². The molecule has 0 bridgehead atoms. The van der Waals surface area contributed by atoms with Gasteiger partial charge in [-0.3, -0.25) is 14.9 Å². The molecule has 8 heteroatoms. The van der Waals surface area contributed by atoms with Crippen molar-refractivity contribution in [2.24, 2.45) is 0 Å². The molecular weight excluding hydrogens is 369 g/mol. The topological polar surface area (TPSA) is 71.5 Å². The summed E-state index contributed by atoms with van der Waals surface area (Å²) in [6.45, 7) is 0.172. The lowest BCUT2D eigenvalue weighted by molar-refractivity contribution is -0.121. The Morgan fingerprint density at radius 2 is 2.07 bits per heavy atom. The first-order valence-corrected chi connectivity index (χ1v) is 9.00. The van der Waals surface area contributed by atoms with Gasteiger partial charge in [0.15, 0.2) is 11.7 Å². The first-order chi connectivity index (χ1) is 13.1. The van der Waals surface area contributed by atoms with Crippen LogP contribution in [0.2, 0.25) is 0 Å². The van der Waals surface area contributed by atoms with E-state index in [9.17, 15) is 14.0 Å². The highest BCUT2D eigenvalue weighted by Gasteiger charge is 2.27. The van der Waals surface area contributed by atoms with E-state index in [0.29, 0.717) is 22.1 Å². The second-order valence-corrected chi connectivity index (χ2v) is 6.76. The number of halogens is 1. The van der Waals surface area contributed by atoms with Crippen molar-refractivity contribution >= 4 is 34.0 Å². The lowest BCUT2D eigenvalue weighted by Crippen LogP contribution is -2.38. The molecule has 0 saturated carbocycles. The SMILES string of the molecule is O=C(Nc1nccs1)c1ccc2c(c1)N(Cc1ccc(F)cc1)C(=O)CO2. The number of ether oxygens (including phenoxy) is 1. The highest BCUT2D eigenvalue weighted by molar-refractivity contribution is 7.13. The van der Waals surface area contributed by atoms with Gasteiger partial charge in [0.1, 0.15) is 11.6 Å². The number of benzene rings is 2. The van der Waals surface area contributed by atoms with Crippen molar-refractivity contribution in [3.8, 4) is 5.75 Å². The van der Waals surface area contributed by atoms with E-state index in [1.807, 2.05) is 0 Å². The van der Waals surface area contributed by atoms with Crippen molar-refractivity contribution in [2.75, 3.05) is 16.8 Å². The normalized spacial score (nSPS) is 13.1. The lowest BCUT2D eigenvalue weighted by Gasteiger charge is -2.29. The number of amides is 2. The molecule has 0 spiro atoms. The Labute approximate surface area is 158 Å². The molecule has 0 aliphatic carbocycles. The number of hydrogen-bond donors (Lipinski definition) is 1. The van der Waals surface area contributed by atoms with Crippen molar-refractivity contribution in [2.45, 2.75) is 6.54 Å². The smallest absolute Gasteiger partial charge is 0.265 e. The molecule has 0 atom stereocenters. The number of anilines is 2. The average Bonchev–Trinajstić information content (AvgIpc) is 3.18. The lowest BCUT2D eigenvalue weighted by atomic mass is 10.1. The highest BCUT2D eigenvalue weighted by Crippen LogP contribution is 2.34. The van der Waals surface area contributed by atoms with E-state index in [1.165, 1.54) is 28.4 Å². The number of fused-ring (bicyclic) bond motifs is 1. The minimum absolute atomic E-state index is 0.0845. The summed E-state index contributed by atoms with van der Waals surface area (Å²) in [4.78, 5) is 30.4. The first kappa shape index (κ1) is 17.2. The maximum Gasteiger partial charge on any atom is 0.265 e. The second-order valence-electron chi connectivity index (χ2n) is 5.87. The summed E-state index contributed by atoms with van der Waals surface area (Å²) in [5.74, 6) is -0.382. The number of nitrogens with one attached hydrogen (secondary N) is 1. The van der Waals surface area contributed by atoms with Gasteiger partial charge in [0, 0.05) is 17.1 Å². The zero-order valence-corrected chi connectivity index (χ0v) is 14.8. The fourth-order valence-corrected chi connectivity index (χ4v) is 3.27. The summed E-state index contributed by atoms with van der Waals surface area (Å²) in [7, 11) is 0. The zero-order chi connectivity index (χ0) is 18.8. The molecule has 1 aliphatic rings. The molecule has 2 amide bonds. The molecule has 0 saturated heterocycles. The Morgan fingerprint density at radius 3 is 2.81 bits per heavy atom. The quantitative estimate of drug-likeness (QED) is 0.749. The molecule has 3 aromatic rings. The predicted octanol–water partition coefficient (Wildman–Crippen LogP) is 3.46. The van der Waals surface area contributed by atoms with Gasteiger partial charge >= 0.3 is 0 Å². The molecule has 0 fully saturated rings. The number of hydrogen-bond acceptors (Lipinski definition) is 5. The number of carbonyl (C=O) groups is 2. The van der Waals surface area contributed by atoms with Crippen LogP contribution in [0.3, 0.4) is 0 Å². The van der Waals surface area contributed by atoms with Crippen LogP contribution in [0.1, 0.15) is 15.9 Å². The molecule has 27 heavy (non-hydrogen) atoms. The third-order valence-corrected chi connectivity index (χ3v) is 4.76. The van der Waals surface area contributed by atoms with Crippen LogP contribution in [0.15, 0.2) is 54.0 Å². The Bertz CT molecular complexity index is 990. The molecule has 1 N–H and O–H groups in total. The summed E-state index contributed by atoms with van der Waals surface area (Å²) in [5, 5.41) is 4.97. The van der Waals surface area contributed by atoms with E-state index in [1.54, 1.807) is 41.9 Å². The van der Waals surface area contributed by atoms with Crippen LogP contribution < -0.4 is 15.0 Å². The molecule has 6 nitrogen and oxygen atoms in total. The van der Waals surface area contributed by atoms with Gasteiger partial charge in [-0.1, -0.05) is 12.1 Å². The predicted molar refractivity (Wildman–Crippen MR) is 99.6 cm³/mol. The van der Waals surface area contributed by atoms with E-state index < -0.39 is 0 Å². The van der Waals surface area contributed by atoms with Crippen molar-refractivity contribution in [3.05, 3.63) is 71.0 Å². The first-order valence-electron chi connectivity index (χ1n) is 8.12. The minimum Gasteiger partial charge on any atom is -0.482 e. The fraction of sp³-hybridized carbons (Fsp3) is 0.105. The summed E-state index contributed by atoms with van der Waals surface area (Å²) < 4.78 is 18.6. The molecule has 4 rings (SSSR count). The molecule has 136 valence electrons. The van der Waals surface area contributed by atoms with Gasteiger partial charge in [-0.05, 0) is 35.9 Å². The van der Waals surface area contributed by atoms with E-state index in [2.05, 4.69) is 10.3 Å². The van der Waals surface area contributed by atoms with Gasteiger partial charge in [-0.2, -0.15) is 0 Å². The maximum absolute atomic E-state index is 13.1. The van der Waals surface area contributed by atoms with Crippen LogP contribution in [0.25, 0.3) is 0 Å². The molecule has 0 radical (unpaired) electrons. The van der Waals surface area contributed by atoms with Gasteiger partial charge in [0.2, 0.25) is 0 Å². The Hall–Kier alpha value is -3.26. The van der Waals surface area contributed by atoms with Crippen LogP contribution in [0.5, 0.6) is 5.75 Å². The van der Waals surface area contributed by atoms with Crippen molar-refractivity contribution < 1.29 is 18.7 Å². The summed E-state index contributed by atoms with van der Waals surface area (Å²) in [6.07, 6.45) is 1.60. The average molecular weight is 383 g/mol. The Morgan fingerprint density at radius 1 is 1.26 bits per heavy atom. The fourth-order valence-electron chi connectivity index (χ4n) is 2.74. The Kier molecular flexibility index (Phi) is 4.55. The number of rotatable bonds is 4. The van der Waals surface area contributed by atoms with Crippen LogP contribution in [-0.4, -0.2) is 23.4 Å². The highest BCUT2D eigenvalue weighted by atomic mass is 32.1. The van der Waals surface area contributed by atoms with Gasteiger partial charge in [-0.25, -0.2) is 9.37 Å². The van der Waals surface area contributed by atoms with Crippen molar-refractivity contribution in [1.29, 1.82) is 0 Å². The van der Waals surface area contributed by atoms with E-state index in [0.717, 1.165) is 5.56 Å². The van der Waals surface area contributed by atoms with Crippen LogP contribution >= 0.6 is 11.3 Å². The third kappa shape index (κ3) is 3.65. The van der Waals surface area contributed by atoms with Gasteiger partial charge in [0.25, 0.3) is 11.8 Å². The Balaban J connectivity index is 1.62. The van der Waals surface area contributed by atoms with Gasteiger partial charge in [0.05, 0.1) is 12.2 Å². The minimum atomic E-state index is -0.339. The van der Waals surface area contributed by atoms with Gasteiger partial charge < -0.3 is 9.64 Å². The largest absolute Gasteiger partial charge is 0.482 e. The molecule has 2 heterocycles. The van der Waals surface area contributed by atoms with Crippen LogP contribution in [0, 0.1) is 5.82 Å². The number of nitrogens with zero attached hydrogens (tertiary/aromatic N) is 2. The summed E-state index contributed by atoms with van der Waals surface area (Å²) >= 11 is 1.32. The molecule has 0 unspecified atom stereocenters. The molecular formula is C19H14FN3O3S. The van der Waals surface area contributed by atoms with Crippen LogP contribution in [0.4, 0.5) is 15.2 Å². The summed E-state index contributed by atoms with van der Waals surface area (Å²) in [5.41, 5.74) is 1.66. The van der Waals surface area contributed by atoms with Crippen molar-refractivity contribution in [3.63, 3.8) is 0 Å².